The van der Waals surface area contributed by atoms with Crippen LogP contribution < -0.4 is 10.2 Å². The summed E-state index contributed by atoms with van der Waals surface area (Å²) in [7, 11) is 0. The van der Waals surface area contributed by atoms with Gasteiger partial charge in [-0.25, -0.2) is 4.39 Å². The van der Waals surface area contributed by atoms with Crippen molar-refractivity contribution in [2.45, 2.75) is 45.7 Å². The van der Waals surface area contributed by atoms with Gasteiger partial charge >= 0.3 is 0 Å². The maximum atomic E-state index is 14.9. The van der Waals surface area contributed by atoms with Crippen molar-refractivity contribution in [2.24, 2.45) is 0 Å². The maximum absolute atomic E-state index is 14.9. The highest BCUT2D eigenvalue weighted by Crippen LogP contribution is 2.35. The molecule has 0 aliphatic rings. The first kappa shape index (κ1) is 22.0. The van der Waals surface area contributed by atoms with E-state index in [2.05, 4.69) is 14.9 Å². The number of rotatable bonds is 7. The van der Waals surface area contributed by atoms with Crippen LogP contribution in [0.4, 0.5) is 10.1 Å². The topological polar surface area (TPSA) is 75.2 Å². The Morgan fingerprint density at radius 3 is 2.57 bits per heavy atom. The summed E-state index contributed by atoms with van der Waals surface area (Å²) in [4.78, 5) is 28.8. The van der Waals surface area contributed by atoms with Gasteiger partial charge in [-0.2, -0.15) is 0 Å². The van der Waals surface area contributed by atoms with Crippen LogP contribution >= 0.6 is 22.9 Å². The Bertz CT molecular complexity index is 1030. The molecule has 2 heterocycles. The van der Waals surface area contributed by atoms with Gasteiger partial charge in [-0.3, -0.25) is 14.5 Å². The Morgan fingerprint density at radius 1 is 1.27 bits per heavy atom. The molecule has 2 aromatic heterocycles. The third-order valence-electron chi connectivity index (χ3n) is 4.91. The normalized spacial score (nSPS) is 12.4. The number of hydrogen-bond acceptors (Lipinski definition) is 6. The second-order valence-corrected chi connectivity index (χ2v) is 9.07. The number of aromatic nitrogens is 2. The molecule has 0 bridgehead atoms. The summed E-state index contributed by atoms with van der Waals surface area (Å²) in [5, 5.41) is 10.2. The van der Waals surface area contributed by atoms with Crippen LogP contribution in [0.15, 0.2) is 41.1 Å². The van der Waals surface area contributed by atoms with Crippen molar-refractivity contribution >= 4 is 40.4 Å². The molecule has 0 saturated carbocycles. The number of nitrogens with zero attached hydrogens (tertiary/aromatic N) is 3. The first-order valence-electron chi connectivity index (χ1n) is 9.46. The summed E-state index contributed by atoms with van der Waals surface area (Å²) >= 11 is 2.37. The lowest BCUT2D eigenvalue weighted by atomic mass is 10.00. The smallest absolute Gasteiger partial charge is 0.280 e. The van der Waals surface area contributed by atoms with E-state index in [-0.39, 0.29) is 17.3 Å². The van der Waals surface area contributed by atoms with Crippen molar-refractivity contribution in [2.75, 3.05) is 4.90 Å². The number of carbonyl (C=O) groups excluding carboxylic acids is 2. The molecule has 158 valence electrons. The largest absolute Gasteiger partial charge is 0.349 e. The average molecular weight is 447 g/mol. The molecular weight excluding hydrogens is 423 g/mol. The predicted octanol–water partition coefficient (Wildman–Crippen LogP) is 4.74. The molecule has 1 aromatic carbocycles. The minimum atomic E-state index is -1.05. The van der Waals surface area contributed by atoms with Gasteiger partial charge in [0, 0.05) is 15.8 Å². The molecule has 0 spiro atoms. The number of para-hydroxylation sites is 1. The van der Waals surface area contributed by atoms with Gasteiger partial charge in [-0.1, -0.05) is 23.5 Å². The first-order chi connectivity index (χ1) is 14.2. The minimum Gasteiger partial charge on any atom is -0.349 e. The van der Waals surface area contributed by atoms with Gasteiger partial charge < -0.3 is 5.32 Å². The third-order valence-corrected chi connectivity index (χ3v) is 6.49. The number of nitrogens with one attached hydrogen (secondary N) is 1. The molecule has 6 nitrogen and oxygen atoms in total. The van der Waals surface area contributed by atoms with Crippen LogP contribution in [0.5, 0.6) is 0 Å². The Labute approximate surface area is 182 Å². The van der Waals surface area contributed by atoms with E-state index in [0.717, 1.165) is 17.1 Å². The second kappa shape index (κ2) is 9.01. The zero-order valence-electron chi connectivity index (χ0n) is 17.2. The highest BCUT2D eigenvalue weighted by atomic mass is 32.1. The lowest BCUT2D eigenvalue weighted by molar-refractivity contribution is -0.124. The third kappa shape index (κ3) is 4.57. The van der Waals surface area contributed by atoms with Crippen molar-refractivity contribution in [1.29, 1.82) is 0 Å². The van der Waals surface area contributed by atoms with Gasteiger partial charge in [0.1, 0.15) is 5.82 Å². The summed E-state index contributed by atoms with van der Waals surface area (Å²) in [5.74, 6) is -1.57. The van der Waals surface area contributed by atoms with Crippen molar-refractivity contribution in [3.05, 3.63) is 63.0 Å². The zero-order chi connectivity index (χ0) is 21.9. The van der Waals surface area contributed by atoms with Crippen molar-refractivity contribution in [3.63, 3.8) is 0 Å². The van der Waals surface area contributed by atoms with Crippen molar-refractivity contribution in [3.8, 4) is 0 Å². The Morgan fingerprint density at radius 2 is 2.00 bits per heavy atom. The van der Waals surface area contributed by atoms with Crippen LogP contribution in [-0.2, 0) is 4.79 Å². The molecule has 2 amide bonds. The van der Waals surface area contributed by atoms with Crippen LogP contribution in [0.3, 0.4) is 0 Å². The molecule has 0 unspecified atom stereocenters. The van der Waals surface area contributed by atoms with E-state index in [4.69, 9.17) is 0 Å². The first-order valence-corrected chi connectivity index (χ1v) is 11.2. The van der Waals surface area contributed by atoms with Gasteiger partial charge in [-0.15, -0.1) is 16.4 Å². The van der Waals surface area contributed by atoms with Crippen LogP contribution in [0, 0.1) is 12.7 Å². The van der Waals surface area contributed by atoms with Crippen LogP contribution in [0.25, 0.3) is 0 Å². The van der Waals surface area contributed by atoms with E-state index >= 15 is 0 Å². The molecule has 0 aliphatic carbocycles. The summed E-state index contributed by atoms with van der Waals surface area (Å²) in [6, 6.07) is 6.74. The fourth-order valence-electron chi connectivity index (χ4n) is 2.90. The molecule has 0 radical (unpaired) electrons. The monoisotopic (exact) mass is 446 g/mol. The SMILES string of the molecule is CCC(C)(C)NC(=O)[C@H](c1sccc1C)N(C(=O)c1csnn1)c1ccccc1F. The van der Waals surface area contributed by atoms with Crippen LogP contribution in [0.1, 0.15) is 54.2 Å². The van der Waals surface area contributed by atoms with E-state index in [1.54, 1.807) is 6.07 Å². The molecule has 0 aliphatic heterocycles. The average Bonchev–Trinajstić information content (AvgIpc) is 3.38. The number of anilines is 1. The quantitative estimate of drug-likeness (QED) is 0.569. The summed E-state index contributed by atoms with van der Waals surface area (Å²) in [6.07, 6.45) is 0.693. The number of benzene rings is 1. The van der Waals surface area contributed by atoms with Gasteiger partial charge in [-0.05, 0) is 67.9 Å². The number of amides is 2. The van der Waals surface area contributed by atoms with E-state index in [1.165, 1.54) is 39.8 Å². The Hall–Kier alpha value is -2.65. The summed E-state index contributed by atoms with van der Waals surface area (Å²) < 4.78 is 18.6. The number of carbonyl (C=O) groups is 2. The molecule has 1 N–H and O–H groups in total. The second-order valence-electron chi connectivity index (χ2n) is 7.51. The van der Waals surface area contributed by atoms with Gasteiger partial charge in [0.05, 0.1) is 5.69 Å². The Kier molecular flexibility index (Phi) is 6.62. The maximum Gasteiger partial charge on any atom is 0.280 e. The lowest BCUT2D eigenvalue weighted by Gasteiger charge is -2.34. The fraction of sp³-hybridized carbons (Fsp3) is 0.333. The van der Waals surface area contributed by atoms with E-state index in [9.17, 15) is 14.0 Å². The van der Waals surface area contributed by atoms with Crippen LogP contribution in [-0.4, -0.2) is 26.9 Å². The molecular formula is C21H23FN4O2S2. The van der Waals surface area contributed by atoms with E-state index in [1.807, 2.05) is 39.1 Å². The van der Waals surface area contributed by atoms with Crippen molar-refractivity contribution in [1.82, 2.24) is 14.9 Å². The molecule has 30 heavy (non-hydrogen) atoms. The number of hydrogen-bond donors (Lipinski definition) is 1. The van der Waals surface area contributed by atoms with Gasteiger partial charge in [0.2, 0.25) is 5.91 Å². The number of thiophene rings is 1. The van der Waals surface area contributed by atoms with Gasteiger partial charge in [0.25, 0.3) is 5.91 Å². The summed E-state index contributed by atoms with van der Waals surface area (Å²) in [6.45, 7) is 7.64. The standard InChI is InChI=1S/C21H23FN4O2S2/c1-5-21(3,4)23-19(27)17(18-13(2)10-11-29-18)26(16-9-7-6-8-14(16)22)20(28)15-12-30-25-24-15/h6-12,17H,5H2,1-4H3,(H,23,27)/t17-/m0/s1. The molecule has 0 saturated heterocycles. The zero-order valence-corrected chi connectivity index (χ0v) is 18.8. The van der Waals surface area contributed by atoms with Crippen molar-refractivity contribution < 1.29 is 14.0 Å². The Balaban J connectivity index is 2.18. The highest BCUT2D eigenvalue weighted by Gasteiger charge is 2.38. The molecule has 3 aromatic rings. The minimum absolute atomic E-state index is 0.0118. The highest BCUT2D eigenvalue weighted by molar-refractivity contribution is 7.10. The van der Waals surface area contributed by atoms with Crippen LogP contribution in [0.2, 0.25) is 0 Å². The van der Waals surface area contributed by atoms with Gasteiger partial charge in [0.15, 0.2) is 11.7 Å². The number of aryl methyl sites for hydroxylation is 1. The lowest BCUT2D eigenvalue weighted by Crippen LogP contribution is -2.50. The summed E-state index contributed by atoms with van der Waals surface area (Å²) in [5.41, 5.74) is 0.426. The molecule has 1 atom stereocenters. The molecule has 9 heteroatoms. The van der Waals surface area contributed by atoms with E-state index in [0.29, 0.717) is 11.3 Å². The molecule has 0 fully saturated rings. The fourth-order valence-corrected chi connectivity index (χ4v) is 4.35. The molecule has 3 rings (SSSR count). The van der Waals surface area contributed by atoms with E-state index < -0.39 is 23.3 Å². The number of halogens is 1. The predicted molar refractivity (Wildman–Crippen MR) is 117 cm³/mol.